The zero-order chi connectivity index (χ0) is 17.9. The number of nitrogens with zero attached hydrogens (tertiary/aromatic N) is 1. The average Bonchev–Trinajstić information content (AvgIpc) is 2.68. The molecule has 3 nitrogen and oxygen atoms in total. The van der Waals surface area contributed by atoms with Gasteiger partial charge >= 0.3 is 0 Å². The summed E-state index contributed by atoms with van der Waals surface area (Å²) in [7, 11) is 0. The molecule has 0 spiro atoms. The Kier molecular flexibility index (Phi) is 5.84. The average molecular weight is 436 g/mol. The number of hydrogen-bond donors (Lipinski definition) is 1. The minimum Gasteiger partial charge on any atom is -0.489 e. The fourth-order valence-corrected chi connectivity index (χ4v) is 4.54. The molecule has 3 heterocycles. The van der Waals surface area contributed by atoms with E-state index in [-0.39, 0.29) is 0 Å². The van der Waals surface area contributed by atoms with Crippen molar-refractivity contribution in [3.8, 4) is 5.75 Å². The Morgan fingerprint density at radius 2 is 1.88 bits per heavy atom. The number of halogens is 2. The van der Waals surface area contributed by atoms with Crippen molar-refractivity contribution in [3.05, 3.63) is 63.1 Å². The molecule has 2 aromatic carbocycles. The summed E-state index contributed by atoms with van der Waals surface area (Å²) in [5.41, 5.74) is 2.32. The molecule has 2 bridgehead atoms. The van der Waals surface area contributed by atoms with Crippen LogP contribution in [0.15, 0.2) is 46.9 Å². The first-order valence-corrected chi connectivity index (χ1v) is 10.5. The molecule has 5 rings (SSSR count). The number of fused-ring (bicyclic) bond motifs is 3. The topological polar surface area (TPSA) is 24.5 Å². The predicted molar refractivity (Wildman–Crippen MR) is 110 cm³/mol. The normalized spacial score (nSPS) is 24.6. The summed E-state index contributed by atoms with van der Waals surface area (Å²) in [6, 6.07) is 14.7. The molecule has 2 aromatic rings. The second-order valence-corrected chi connectivity index (χ2v) is 8.64. The van der Waals surface area contributed by atoms with Crippen molar-refractivity contribution in [2.75, 3.05) is 19.6 Å². The number of rotatable bonds is 6. The van der Waals surface area contributed by atoms with Gasteiger partial charge in [0.1, 0.15) is 12.4 Å². The summed E-state index contributed by atoms with van der Waals surface area (Å²) >= 11 is 9.55. The SMILES string of the molecule is Clc1ccc(COc2ccc(Br)cc2CNC2CN3CCC2CC3)cc1. The third kappa shape index (κ3) is 4.42. The first-order valence-electron chi connectivity index (χ1n) is 9.29. The summed E-state index contributed by atoms with van der Waals surface area (Å²) in [5.74, 6) is 1.77. The van der Waals surface area contributed by atoms with Gasteiger partial charge in [-0.25, -0.2) is 0 Å². The van der Waals surface area contributed by atoms with E-state index in [1.54, 1.807) is 0 Å². The molecule has 0 aromatic heterocycles. The zero-order valence-corrected chi connectivity index (χ0v) is 17.1. The molecule has 3 fully saturated rings. The van der Waals surface area contributed by atoms with Crippen LogP contribution in [0.3, 0.4) is 0 Å². The molecule has 138 valence electrons. The van der Waals surface area contributed by atoms with E-state index in [4.69, 9.17) is 16.3 Å². The zero-order valence-electron chi connectivity index (χ0n) is 14.8. The Bertz CT molecular complexity index is 744. The number of hydrogen-bond acceptors (Lipinski definition) is 3. The Labute approximate surface area is 168 Å². The summed E-state index contributed by atoms with van der Waals surface area (Å²) in [6.07, 6.45) is 2.66. The van der Waals surface area contributed by atoms with E-state index in [0.717, 1.165) is 33.3 Å². The summed E-state index contributed by atoms with van der Waals surface area (Å²) < 4.78 is 7.19. The van der Waals surface area contributed by atoms with Gasteiger partial charge in [0, 0.05) is 34.2 Å². The van der Waals surface area contributed by atoms with E-state index in [1.165, 1.54) is 38.0 Å². The summed E-state index contributed by atoms with van der Waals surface area (Å²) in [4.78, 5) is 2.58. The highest BCUT2D eigenvalue weighted by Crippen LogP contribution is 2.29. The van der Waals surface area contributed by atoms with Crippen LogP contribution in [0.25, 0.3) is 0 Å². The smallest absolute Gasteiger partial charge is 0.124 e. The molecule has 26 heavy (non-hydrogen) atoms. The lowest BCUT2D eigenvalue weighted by Crippen LogP contribution is -2.55. The van der Waals surface area contributed by atoms with E-state index in [9.17, 15) is 0 Å². The fraction of sp³-hybridized carbons (Fsp3) is 0.429. The highest BCUT2D eigenvalue weighted by atomic mass is 79.9. The van der Waals surface area contributed by atoms with Gasteiger partial charge in [-0.05, 0) is 67.7 Å². The van der Waals surface area contributed by atoms with E-state index >= 15 is 0 Å². The molecular formula is C21H24BrClN2O. The summed E-state index contributed by atoms with van der Waals surface area (Å²) in [6.45, 7) is 5.11. The number of benzene rings is 2. The van der Waals surface area contributed by atoms with E-state index in [1.807, 2.05) is 36.4 Å². The van der Waals surface area contributed by atoms with Crippen molar-refractivity contribution in [1.29, 1.82) is 0 Å². The van der Waals surface area contributed by atoms with E-state index in [0.29, 0.717) is 12.6 Å². The van der Waals surface area contributed by atoms with Crippen LogP contribution in [0, 0.1) is 5.92 Å². The minimum atomic E-state index is 0.547. The minimum absolute atomic E-state index is 0.547. The van der Waals surface area contributed by atoms with Crippen molar-refractivity contribution in [2.24, 2.45) is 5.92 Å². The van der Waals surface area contributed by atoms with Crippen molar-refractivity contribution in [2.45, 2.75) is 32.0 Å². The molecule has 0 saturated carbocycles. The molecule has 1 unspecified atom stereocenters. The third-order valence-corrected chi connectivity index (χ3v) is 6.29. The molecule has 0 aliphatic carbocycles. The van der Waals surface area contributed by atoms with Gasteiger partial charge in [0.2, 0.25) is 0 Å². The van der Waals surface area contributed by atoms with Gasteiger partial charge in [0.05, 0.1) is 0 Å². The molecule has 0 amide bonds. The second-order valence-electron chi connectivity index (χ2n) is 7.29. The molecular weight excluding hydrogens is 412 g/mol. The van der Waals surface area contributed by atoms with Gasteiger partial charge in [-0.2, -0.15) is 0 Å². The molecule has 5 heteroatoms. The predicted octanol–water partition coefficient (Wildman–Crippen LogP) is 4.87. The molecule has 3 aliphatic rings. The Morgan fingerprint density at radius 1 is 1.12 bits per heavy atom. The lowest BCUT2D eigenvalue weighted by atomic mass is 9.84. The first kappa shape index (κ1) is 18.3. The van der Waals surface area contributed by atoms with Gasteiger partial charge in [-0.3, -0.25) is 0 Å². The number of nitrogens with one attached hydrogen (secondary N) is 1. The highest BCUT2D eigenvalue weighted by Gasteiger charge is 2.33. The highest BCUT2D eigenvalue weighted by molar-refractivity contribution is 9.10. The van der Waals surface area contributed by atoms with Crippen molar-refractivity contribution < 1.29 is 4.74 Å². The lowest BCUT2D eigenvalue weighted by Gasteiger charge is -2.45. The molecule has 3 aliphatic heterocycles. The Morgan fingerprint density at radius 3 is 2.58 bits per heavy atom. The van der Waals surface area contributed by atoms with Crippen LogP contribution in [0.1, 0.15) is 24.0 Å². The van der Waals surface area contributed by atoms with Crippen LogP contribution >= 0.6 is 27.5 Å². The van der Waals surface area contributed by atoms with Crippen molar-refractivity contribution >= 4 is 27.5 Å². The first-order chi connectivity index (χ1) is 12.7. The van der Waals surface area contributed by atoms with Crippen LogP contribution < -0.4 is 10.1 Å². The van der Waals surface area contributed by atoms with Crippen LogP contribution in [-0.4, -0.2) is 30.6 Å². The molecule has 0 radical (unpaired) electrons. The Balaban J connectivity index is 1.40. The largest absolute Gasteiger partial charge is 0.489 e. The quantitative estimate of drug-likeness (QED) is 0.701. The van der Waals surface area contributed by atoms with Gasteiger partial charge in [0.15, 0.2) is 0 Å². The van der Waals surface area contributed by atoms with Crippen LogP contribution in [0.5, 0.6) is 5.75 Å². The van der Waals surface area contributed by atoms with Crippen LogP contribution in [0.4, 0.5) is 0 Å². The number of ether oxygens (including phenoxy) is 1. The van der Waals surface area contributed by atoms with Crippen molar-refractivity contribution in [3.63, 3.8) is 0 Å². The van der Waals surface area contributed by atoms with Crippen molar-refractivity contribution in [1.82, 2.24) is 10.2 Å². The maximum absolute atomic E-state index is 6.11. The van der Waals surface area contributed by atoms with Gasteiger partial charge in [-0.1, -0.05) is 39.7 Å². The maximum atomic E-state index is 6.11. The second kappa shape index (κ2) is 8.30. The third-order valence-electron chi connectivity index (χ3n) is 5.54. The molecule has 3 saturated heterocycles. The fourth-order valence-electron chi connectivity index (χ4n) is 4.01. The van der Waals surface area contributed by atoms with Crippen LogP contribution in [-0.2, 0) is 13.2 Å². The summed E-state index contributed by atoms with van der Waals surface area (Å²) in [5, 5.41) is 4.53. The van der Waals surface area contributed by atoms with Gasteiger partial charge in [0.25, 0.3) is 0 Å². The van der Waals surface area contributed by atoms with Gasteiger partial charge in [-0.15, -0.1) is 0 Å². The molecule has 1 N–H and O–H groups in total. The molecule has 1 atom stereocenters. The lowest BCUT2D eigenvalue weighted by molar-refractivity contribution is 0.0718. The monoisotopic (exact) mass is 434 g/mol. The van der Waals surface area contributed by atoms with E-state index < -0.39 is 0 Å². The maximum Gasteiger partial charge on any atom is 0.124 e. The standard InChI is InChI=1S/C21H24BrClN2O/c22-18-3-6-21(26-14-15-1-4-19(23)5-2-15)17(11-18)12-24-20-13-25-9-7-16(20)8-10-25/h1-6,11,16,20,24H,7-10,12-14H2. The Hall–Kier alpha value is -1.07. The van der Waals surface area contributed by atoms with Gasteiger partial charge < -0.3 is 15.0 Å². The number of piperidine rings is 3. The van der Waals surface area contributed by atoms with E-state index in [2.05, 4.69) is 32.2 Å². The van der Waals surface area contributed by atoms with Crippen LogP contribution in [0.2, 0.25) is 5.02 Å².